The molecular formula is C14H14F2N2O2S. The molecule has 0 amide bonds. The molecule has 0 atom stereocenters. The quantitative estimate of drug-likeness (QED) is 0.912. The monoisotopic (exact) mass is 312 g/mol. The first-order valence-corrected chi connectivity index (χ1v) is 7.59. The predicted molar refractivity (Wildman–Crippen MR) is 77.9 cm³/mol. The lowest BCUT2D eigenvalue weighted by Crippen LogP contribution is -2.17. The second kappa shape index (κ2) is 5.69. The van der Waals surface area contributed by atoms with Gasteiger partial charge in [-0.2, -0.15) is 0 Å². The van der Waals surface area contributed by atoms with Crippen LogP contribution in [0.3, 0.4) is 0 Å². The van der Waals surface area contributed by atoms with Gasteiger partial charge < -0.3 is 5.32 Å². The first-order valence-electron chi connectivity index (χ1n) is 6.11. The number of hydrogen-bond donors (Lipinski definition) is 2. The van der Waals surface area contributed by atoms with Gasteiger partial charge in [-0.1, -0.05) is 18.2 Å². The fourth-order valence-corrected chi connectivity index (χ4v) is 3.13. The molecule has 112 valence electrons. The van der Waals surface area contributed by atoms with Crippen molar-refractivity contribution in [3.8, 4) is 0 Å². The molecule has 0 saturated heterocycles. The first-order chi connectivity index (χ1) is 9.86. The molecule has 0 unspecified atom stereocenters. The van der Waals surface area contributed by atoms with E-state index in [9.17, 15) is 17.2 Å². The van der Waals surface area contributed by atoms with E-state index >= 15 is 0 Å². The fraction of sp³-hybridized carbons (Fsp3) is 0.143. The van der Waals surface area contributed by atoms with Crippen LogP contribution in [0.4, 0.5) is 20.2 Å². The number of hydrogen-bond acceptors (Lipinski definition) is 3. The summed E-state index contributed by atoms with van der Waals surface area (Å²) < 4.78 is 54.2. The zero-order chi connectivity index (χ0) is 15.6. The largest absolute Gasteiger partial charge is 0.387 e. The van der Waals surface area contributed by atoms with Gasteiger partial charge in [0.05, 0.1) is 5.69 Å². The molecule has 0 fully saturated rings. The van der Waals surface area contributed by atoms with E-state index in [0.29, 0.717) is 5.69 Å². The Morgan fingerprint density at radius 3 is 2.38 bits per heavy atom. The molecule has 21 heavy (non-hydrogen) atoms. The van der Waals surface area contributed by atoms with Crippen molar-refractivity contribution < 1.29 is 17.2 Å². The average molecular weight is 312 g/mol. The Morgan fingerprint density at radius 1 is 1.05 bits per heavy atom. The van der Waals surface area contributed by atoms with Gasteiger partial charge >= 0.3 is 0 Å². The lowest BCUT2D eigenvalue weighted by molar-refractivity contribution is 0.579. The number of para-hydroxylation sites is 1. The van der Waals surface area contributed by atoms with Crippen LogP contribution in [-0.4, -0.2) is 15.5 Å². The molecule has 0 spiro atoms. The van der Waals surface area contributed by atoms with E-state index in [1.54, 1.807) is 19.2 Å². The SMILES string of the molecule is CNc1ccccc1S(=O)(=O)Nc1c(F)ccc(C)c1F. The van der Waals surface area contributed by atoms with E-state index in [1.165, 1.54) is 25.1 Å². The van der Waals surface area contributed by atoms with Crippen LogP contribution in [-0.2, 0) is 10.0 Å². The van der Waals surface area contributed by atoms with Crippen molar-refractivity contribution >= 4 is 21.4 Å². The maximum Gasteiger partial charge on any atom is 0.264 e. The molecule has 0 heterocycles. The highest BCUT2D eigenvalue weighted by Gasteiger charge is 2.22. The Balaban J connectivity index is 2.50. The molecule has 2 aromatic rings. The van der Waals surface area contributed by atoms with Gasteiger partial charge in [0.15, 0.2) is 5.82 Å². The van der Waals surface area contributed by atoms with Crippen molar-refractivity contribution in [1.82, 2.24) is 0 Å². The Hall–Kier alpha value is -2.15. The van der Waals surface area contributed by atoms with Crippen molar-refractivity contribution in [3.05, 3.63) is 53.6 Å². The zero-order valence-electron chi connectivity index (χ0n) is 11.4. The van der Waals surface area contributed by atoms with Gasteiger partial charge in [-0.3, -0.25) is 4.72 Å². The van der Waals surface area contributed by atoms with Gasteiger partial charge in [0.2, 0.25) is 0 Å². The third-order valence-corrected chi connectivity index (χ3v) is 4.37. The molecule has 0 bridgehead atoms. The van der Waals surface area contributed by atoms with Crippen molar-refractivity contribution in [2.45, 2.75) is 11.8 Å². The molecule has 2 aromatic carbocycles. The van der Waals surface area contributed by atoms with E-state index in [-0.39, 0.29) is 10.5 Å². The fourth-order valence-electron chi connectivity index (χ4n) is 1.85. The summed E-state index contributed by atoms with van der Waals surface area (Å²) in [6.45, 7) is 1.42. The molecule has 0 aliphatic carbocycles. The Labute approximate surface area is 121 Å². The Bertz CT molecular complexity index is 777. The van der Waals surface area contributed by atoms with Crippen LogP contribution in [0.1, 0.15) is 5.56 Å². The number of aryl methyl sites for hydroxylation is 1. The molecule has 2 N–H and O–H groups in total. The number of nitrogens with one attached hydrogen (secondary N) is 2. The summed E-state index contributed by atoms with van der Waals surface area (Å²) in [5.41, 5.74) is -0.199. The molecule has 2 rings (SSSR count). The number of benzene rings is 2. The molecule has 0 radical (unpaired) electrons. The summed E-state index contributed by atoms with van der Waals surface area (Å²) >= 11 is 0. The molecule has 0 aromatic heterocycles. The maximum absolute atomic E-state index is 13.9. The minimum Gasteiger partial charge on any atom is -0.387 e. The minimum atomic E-state index is -4.11. The maximum atomic E-state index is 13.9. The smallest absolute Gasteiger partial charge is 0.264 e. The van der Waals surface area contributed by atoms with Crippen molar-refractivity contribution in [2.24, 2.45) is 0 Å². The van der Waals surface area contributed by atoms with E-state index in [4.69, 9.17) is 0 Å². The third kappa shape index (κ3) is 2.97. The van der Waals surface area contributed by atoms with Crippen molar-refractivity contribution in [1.29, 1.82) is 0 Å². The molecular weight excluding hydrogens is 298 g/mol. The van der Waals surface area contributed by atoms with Crippen LogP contribution in [0.2, 0.25) is 0 Å². The zero-order valence-corrected chi connectivity index (χ0v) is 12.3. The number of rotatable bonds is 4. The highest BCUT2D eigenvalue weighted by atomic mass is 32.2. The van der Waals surface area contributed by atoms with Crippen LogP contribution in [0, 0.1) is 18.6 Å². The Morgan fingerprint density at radius 2 is 1.71 bits per heavy atom. The highest BCUT2D eigenvalue weighted by Crippen LogP contribution is 2.27. The van der Waals surface area contributed by atoms with Crippen LogP contribution in [0.25, 0.3) is 0 Å². The average Bonchev–Trinajstić information content (AvgIpc) is 2.47. The van der Waals surface area contributed by atoms with Gasteiger partial charge in [-0.15, -0.1) is 0 Å². The second-order valence-corrected chi connectivity index (χ2v) is 6.06. The number of anilines is 2. The summed E-state index contributed by atoms with van der Waals surface area (Å²) in [6.07, 6.45) is 0. The van der Waals surface area contributed by atoms with Gasteiger partial charge in [-0.05, 0) is 30.7 Å². The van der Waals surface area contributed by atoms with E-state index in [0.717, 1.165) is 6.07 Å². The summed E-state index contributed by atoms with van der Waals surface area (Å²) in [6, 6.07) is 8.33. The standard InChI is InChI=1S/C14H14F2N2O2S/c1-9-7-8-10(15)14(13(9)16)18-21(19,20)12-6-4-3-5-11(12)17-2/h3-8,17-18H,1-2H3. The van der Waals surface area contributed by atoms with Gasteiger partial charge in [0.1, 0.15) is 16.4 Å². The molecule has 0 aliphatic rings. The molecule has 4 nitrogen and oxygen atoms in total. The lowest BCUT2D eigenvalue weighted by Gasteiger charge is -2.13. The highest BCUT2D eigenvalue weighted by molar-refractivity contribution is 7.92. The Kier molecular flexibility index (Phi) is 4.13. The van der Waals surface area contributed by atoms with E-state index < -0.39 is 27.3 Å². The topological polar surface area (TPSA) is 58.2 Å². The van der Waals surface area contributed by atoms with Crippen LogP contribution < -0.4 is 10.0 Å². The van der Waals surface area contributed by atoms with Crippen molar-refractivity contribution in [2.75, 3.05) is 17.1 Å². The van der Waals surface area contributed by atoms with Crippen LogP contribution >= 0.6 is 0 Å². The first kappa shape index (κ1) is 15.2. The summed E-state index contributed by atoms with van der Waals surface area (Å²) in [5, 5.41) is 2.72. The third-order valence-electron chi connectivity index (χ3n) is 2.97. The van der Waals surface area contributed by atoms with E-state index in [1.807, 2.05) is 4.72 Å². The molecule has 7 heteroatoms. The lowest BCUT2D eigenvalue weighted by atomic mass is 10.2. The van der Waals surface area contributed by atoms with Gasteiger partial charge in [-0.25, -0.2) is 17.2 Å². The summed E-state index contributed by atoms with van der Waals surface area (Å²) in [4.78, 5) is -0.0900. The summed E-state index contributed by atoms with van der Waals surface area (Å²) in [7, 11) is -2.55. The summed E-state index contributed by atoms with van der Waals surface area (Å²) in [5.74, 6) is -1.90. The molecule has 0 saturated carbocycles. The van der Waals surface area contributed by atoms with Crippen LogP contribution in [0.15, 0.2) is 41.3 Å². The van der Waals surface area contributed by atoms with Gasteiger partial charge in [0, 0.05) is 7.05 Å². The van der Waals surface area contributed by atoms with Crippen molar-refractivity contribution in [3.63, 3.8) is 0 Å². The molecule has 0 aliphatic heterocycles. The number of halogens is 2. The predicted octanol–water partition coefficient (Wildman–Crippen LogP) is 3.12. The second-order valence-electron chi connectivity index (χ2n) is 4.40. The van der Waals surface area contributed by atoms with Crippen LogP contribution in [0.5, 0.6) is 0 Å². The van der Waals surface area contributed by atoms with Gasteiger partial charge in [0.25, 0.3) is 10.0 Å². The normalized spacial score (nSPS) is 11.2. The number of sulfonamides is 1. The van der Waals surface area contributed by atoms with E-state index in [2.05, 4.69) is 5.32 Å². The minimum absolute atomic E-state index is 0.0900.